The van der Waals surface area contributed by atoms with Gasteiger partial charge >= 0.3 is 5.97 Å². The Kier molecular flexibility index (Phi) is 5.63. The van der Waals surface area contributed by atoms with Crippen LogP contribution >= 0.6 is 0 Å². The van der Waals surface area contributed by atoms with Crippen molar-refractivity contribution in [2.75, 3.05) is 16.8 Å². The summed E-state index contributed by atoms with van der Waals surface area (Å²) in [5.74, 6) is -0.897. The standard InChI is InChI=1S/C21H22N2O5/c1-13-8-10-16(11-9-13)27-15(3)21(26)28-14(2)20(25)23-12-19(24)22-17-6-4-5-7-18(17)23/h4-11,14-15H,12H2,1-3H3,(H,22,24)/t14-,15-/m1/s1. The number of para-hydroxylation sites is 2. The van der Waals surface area contributed by atoms with Gasteiger partial charge in [0, 0.05) is 0 Å². The van der Waals surface area contributed by atoms with E-state index in [1.54, 1.807) is 43.3 Å². The number of ether oxygens (including phenoxy) is 2. The molecule has 0 fully saturated rings. The quantitative estimate of drug-likeness (QED) is 0.804. The minimum atomic E-state index is -1.06. The van der Waals surface area contributed by atoms with Gasteiger partial charge in [0.2, 0.25) is 5.91 Å². The predicted molar refractivity (Wildman–Crippen MR) is 104 cm³/mol. The molecular weight excluding hydrogens is 360 g/mol. The predicted octanol–water partition coefficient (Wildman–Crippen LogP) is 2.68. The third kappa shape index (κ3) is 4.31. The summed E-state index contributed by atoms with van der Waals surface area (Å²) >= 11 is 0. The minimum Gasteiger partial charge on any atom is -0.479 e. The van der Waals surface area contributed by atoms with Crippen molar-refractivity contribution in [3.8, 4) is 5.75 Å². The van der Waals surface area contributed by atoms with Crippen molar-refractivity contribution < 1.29 is 23.9 Å². The summed E-state index contributed by atoms with van der Waals surface area (Å²) in [5.41, 5.74) is 2.19. The highest BCUT2D eigenvalue weighted by Crippen LogP contribution is 2.29. The van der Waals surface area contributed by atoms with E-state index in [9.17, 15) is 14.4 Å². The van der Waals surface area contributed by atoms with E-state index in [-0.39, 0.29) is 12.5 Å². The van der Waals surface area contributed by atoms with Gasteiger partial charge in [-0.05, 0) is 45.0 Å². The molecule has 0 saturated heterocycles. The Balaban J connectivity index is 1.64. The Hall–Kier alpha value is -3.35. The van der Waals surface area contributed by atoms with Crippen LogP contribution in [0.5, 0.6) is 5.75 Å². The van der Waals surface area contributed by atoms with E-state index in [0.717, 1.165) is 5.56 Å². The van der Waals surface area contributed by atoms with E-state index < -0.39 is 24.1 Å². The molecule has 28 heavy (non-hydrogen) atoms. The van der Waals surface area contributed by atoms with Gasteiger partial charge in [0.15, 0.2) is 12.2 Å². The van der Waals surface area contributed by atoms with Gasteiger partial charge in [-0.3, -0.25) is 14.5 Å². The molecule has 0 bridgehead atoms. The zero-order chi connectivity index (χ0) is 20.3. The fraction of sp³-hybridized carbons (Fsp3) is 0.286. The highest BCUT2D eigenvalue weighted by Gasteiger charge is 2.32. The maximum atomic E-state index is 12.8. The van der Waals surface area contributed by atoms with Crippen LogP contribution in [0.3, 0.4) is 0 Å². The average Bonchev–Trinajstić information content (AvgIpc) is 2.68. The van der Waals surface area contributed by atoms with Crippen molar-refractivity contribution in [1.82, 2.24) is 0 Å². The zero-order valence-corrected chi connectivity index (χ0v) is 16.0. The largest absolute Gasteiger partial charge is 0.479 e. The minimum absolute atomic E-state index is 0.132. The molecule has 0 aromatic heterocycles. The van der Waals surface area contributed by atoms with E-state index in [1.807, 2.05) is 19.1 Å². The molecule has 1 N–H and O–H groups in total. The first kappa shape index (κ1) is 19.4. The number of nitrogens with zero attached hydrogens (tertiary/aromatic N) is 1. The Morgan fingerprint density at radius 2 is 1.71 bits per heavy atom. The molecule has 1 heterocycles. The fourth-order valence-electron chi connectivity index (χ4n) is 2.84. The molecule has 3 rings (SSSR count). The Bertz CT molecular complexity index is 894. The number of anilines is 2. The number of esters is 1. The van der Waals surface area contributed by atoms with Crippen LogP contribution in [0.2, 0.25) is 0 Å². The number of hydrogen-bond acceptors (Lipinski definition) is 5. The first-order chi connectivity index (χ1) is 13.3. The van der Waals surface area contributed by atoms with Gasteiger partial charge in [0.1, 0.15) is 12.3 Å². The maximum absolute atomic E-state index is 12.8. The van der Waals surface area contributed by atoms with Crippen LogP contribution in [0.15, 0.2) is 48.5 Å². The first-order valence-electron chi connectivity index (χ1n) is 8.99. The van der Waals surface area contributed by atoms with Crippen molar-refractivity contribution >= 4 is 29.2 Å². The van der Waals surface area contributed by atoms with E-state index in [0.29, 0.717) is 17.1 Å². The lowest BCUT2D eigenvalue weighted by molar-refractivity contribution is -0.160. The summed E-state index contributed by atoms with van der Waals surface area (Å²) < 4.78 is 10.9. The van der Waals surface area contributed by atoms with Crippen LogP contribution in [-0.4, -0.2) is 36.5 Å². The van der Waals surface area contributed by atoms with Gasteiger partial charge in [-0.25, -0.2) is 4.79 Å². The van der Waals surface area contributed by atoms with Gasteiger partial charge in [-0.15, -0.1) is 0 Å². The van der Waals surface area contributed by atoms with Gasteiger partial charge < -0.3 is 14.8 Å². The summed E-state index contributed by atoms with van der Waals surface area (Å²) in [6.45, 7) is 4.86. The third-order valence-electron chi connectivity index (χ3n) is 4.34. The molecule has 0 radical (unpaired) electrons. The lowest BCUT2D eigenvalue weighted by Gasteiger charge is -2.31. The topological polar surface area (TPSA) is 84.9 Å². The zero-order valence-electron chi connectivity index (χ0n) is 16.0. The van der Waals surface area contributed by atoms with Crippen LogP contribution in [0.25, 0.3) is 0 Å². The molecule has 1 aliphatic heterocycles. The van der Waals surface area contributed by atoms with Crippen LogP contribution in [-0.2, 0) is 19.1 Å². The lowest BCUT2D eigenvalue weighted by Crippen LogP contribution is -2.47. The van der Waals surface area contributed by atoms with Gasteiger partial charge in [-0.1, -0.05) is 29.8 Å². The SMILES string of the molecule is Cc1ccc(O[C@H](C)C(=O)O[C@H](C)C(=O)N2CC(=O)Nc3ccccc32)cc1. The highest BCUT2D eigenvalue weighted by molar-refractivity contribution is 6.11. The number of nitrogens with one attached hydrogen (secondary N) is 1. The second-order valence-corrected chi connectivity index (χ2v) is 6.64. The summed E-state index contributed by atoms with van der Waals surface area (Å²) in [5, 5.41) is 2.71. The normalized spacial score (nSPS) is 15.1. The molecule has 7 heteroatoms. The Labute approximate surface area is 163 Å². The van der Waals surface area contributed by atoms with Gasteiger partial charge in [0.25, 0.3) is 5.91 Å². The van der Waals surface area contributed by atoms with Crippen molar-refractivity contribution in [1.29, 1.82) is 0 Å². The summed E-state index contributed by atoms with van der Waals surface area (Å²) in [4.78, 5) is 38.3. The molecule has 2 amide bonds. The first-order valence-corrected chi connectivity index (χ1v) is 8.99. The van der Waals surface area contributed by atoms with E-state index in [2.05, 4.69) is 5.32 Å². The van der Waals surface area contributed by atoms with Gasteiger partial charge in [0.05, 0.1) is 11.4 Å². The number of aryl methyl sites for hydroxylation is 1. The number of carbonyl (C=O) groups is 3. The molecule has 1 aliphatic rings. The molecule has 0 unspecified atom stereocenters. The Morgan fingerprint density at radius 1 is 1.04 bits per heavy atom. The van der Waals surface area contributed by atoms with Crippen molar-refractivity contribution in [3.05, 3.63) is 54.1 Å². The molecule has 2 atom stereocenters. The van der Waals surface area contributed by atoms with Crippen LogP contribution < -0.4 is 15.0 Å². The van der Waals surface area contributed by atoms with E-state index in [1.165, 1.54) is 11.8 Å². The highest BCUT2D eigenvalue weighted by atomic mass is 16.6. The Morgan fingerprint density at radius 3 is 2.43 bits per heavy atom. The second kappa shape index (κ2) is 8.12. The molecule has 0 aliphatic carbocycles. The number of fused-ring (bicyclic) bond motifs is 1. The fourth-order valence-corrected chi connectivity index (χ4v) is 2.84. The lowest BCUT2D eigenvalue weighted by atomic mass is 10.1. The van der Waals surface area contributed by atoms with Crippen molar-refractivity contribution in [2.45, 2.75) is 33.0 Å². The summed E-state index contributed by atoms with van der Waals surface area (Å²) in [7, 11) is 0. The third-order valence-corrected chi connectivity index (χ3v) is 4.34. The van der Waals surface area contributed by atoms with E-state index >= 15 is 0 Å². The van der Waals surface area contributed by atoms with Crippen LogP contribution in [0.4, 0.5) is 11.4 Å². The average molecular weight is 382 g/mol. The number of benzene rings is 2. The molecule has 7 nitrogen and oxygen atoms in total. The van der Waals surface area contributed by atoms with Gasteiger partial charge in [-0.2, -0.15) is 0 Å². The smallest absolute Gasteiger partial charge is 0.347 e. The van der Waals surface area contributed by atoms with Crippen molar-refractivity contribution in [2.24, 2.45) is 0 Å². The van der Waals surface area contributed by atoms with Crippen LogP contribution in [0, 0.1) is 6.92 Å². The van der Waals surface area contributed by atoms with Crippen molar-refractivity contribution in [3.63, 3.8) is 0 Å². The molecule has 2 aromatic rings. The molecule has 146 valence electrons. The summed E-state index contributed by atoms with van der Waals surface area (Å²) in [6.07, 6.45) is -1.94. The molecular formula is C21H22N2O5. The second-order valence-electron chi connectivity index (χ2n) is 6.64. The molecule has 0 spiro atoms. The van der Waals surface area contributed by atoms with E-state index in [4.69, 9.17) is 9.47 Å². The number of carbonyl (C=O) groups excluding carboxylic acids is 3. The molecule has 2 aromatic carbocycles. The molecule has 0 saturated carbocycles. The monoisotopic (exact) mass is 382 g/mol. The maximum Gasteiger partial charge on any atom is 0.347 e. The number of amides is 2. The van der Waals surface area contributed by atoms with Crippen LogP contribution in [0.1, 0.15) is 19.4 Å². The number of rotatable bonds is 5. The number of hydrogen-bond donors (Lipinski definition) is 1. The summed E-state index contributed by atoms with van der Waals surface area (Å²) in [6, 6.07) is 14.2.